The predicted octanol–water partition coefficient (Wildman–Crippen LogP) is 2.29. The molecule has 0 bridgehead atoms. The fourth-order valence-corrected chi connectivity index (χ4v) is 2.32. The Kier molecular flexibility index (Phi) is 2.09. The van der Waals surface area contributed by atoms with Crippen LogP contribution in [0.1, 0.15) is 5.56 Å². The Bertz CT molecular complexity index is 222. The second-order valence-corrected chi connectivity index (χ2v) is 4.11. The Morgan fingerprint density at radius 1 is 1.27 bits per heavy atom. The van der Waals surface area contributed by atoms with E-state index >= 15 is 0 Å². The zero-order valence-corrected chi connectivity index (χ0v) is 7.43. The van der Waals surface area contributed by atoms with E-state index in [-0.39, 0.29) is 0 Å². The van der Waals surface area contributed by atoms with Gasteiger partial charge in [0.05, 0.1) is 0 Å². The van der Waals surface area contributed by atoms with Crippen molar-refractivity contribution in [2.24, 2.45) is 0 Å². The van der Waals surface area contributed by atoms with Crippen LogP contribution in [0.15, 0.2) is 24.3 Å². The highest BCUT2D eigenvalue weighted by atomic mass is 31.1. The summed E-state index contributed by atoms with van der Waals surface area (Å²) in [5.41, 5.74) is 2.83. The van der Waals surface area contributed by atoms with Crippen molar-refractivity contribution in [3.05, 3.63) is 29.8 Å². The van der Waals surface area contributed by atoms with Crippen LogP contribution < -0.4 is 5.32 Å². The minimum Gasteiger partial charge on any atom is -0.381 e. The molecule has 0 amide bonds. The molecule has 1 aliphatic rings. The Morgan fingerprint density at radius 3 is 3.18 bits per heavy atom. The fourth-order valence-electron chi connectivity index (χ4n) is 1.38. The van der Waals surface area contributed by atoms with Gasteiger partial charge in [0.25, 0.3) is 0 Å². The van der Waals surface area contributed by atoms with E-state index in [1.165, 1.54) is 23.8 Å². The van der Waals surface area contributed by atoms with Crippen LogP contribution in [0.2, 0.25) is 0 Å². The Morgan fingerprint density at radius 2 is 2.18 bits per heavy atom. The first kappa shape index (κ1) is 7.12. The fraction of sp³-hybridized carbons (Fsp3) is 0.333. The molecule has 1 aromatic rings. The standard InChI is InChI=1S/C9H12NP/c1-2-4-9-8(3-1)5-6-11-7-10-9/h1-4,10-11H,5-7H2. The number of aryl methyl sites for hydroxylation is 1. The molecule has 58 valence electrons. The van der Waals surface area contributed by atoms with Crippen LogP contribution >= 0.6 is 8.58 Å². The van der Waals surface area contributed by atoms with Crippen LogP contribution in [0.5, 0.6) is 0 Å². The van der Waals surface area contributed by atoms with Gasteiger partial charge in [0.15, 0.2) is 0 Å². The maximum Gasteiger partial charge on any atom is 0.0375 e. The third-order valence-electron chi connectivity index (χ3n) is 1.99. The van der Waals surface area contributed by atoms with Gasteiger partial charge in [-0.15, -0.1) is 8.58 Å². The highest BCUT2D eigenvalue weighted by molar-refractivity contribution is 7.38. The molecule has 0 fully saturated rings. The van der Waals surface area contributed by atoms with Crippen molar-refractivity contribution >= 4 is 14.3 Å². The van der Waals surface area contributed by atoms with Gasteiger partial charge in [0.2, 0.25) is 0 Å². The van der Waals surface area contributed by atoms with Gasteiger partial charge in [-0.25, -0.2) is 0 Å². The van der Waals surface area contributed by atoms with Crippen LogP contribution in [0, 0.1) is 0 Å². The molecule has 1 aromatic carbocycles. The van der Waals surface area contributed by atoms with Crippen molar-refractivity contribution in [2.45, 2.75) is 6.42 Å². The van der Waals surface area contributed by atoms with E-state index in [0.29, 0.717) is 0 Å². The number of rotatable bonds is 0. The van der Waals surface area contributed by atoms with Crippen molar-refractivity contribution in [3.63, 3.8) is 0 Å². The normalized spacial score (nSPS) is 18.5. The second kappa shape index (κ2) is 3.23. The summed E-state index contributed by atoms with van der Waals surface area (Å²) in [7, 11) is 1.08. The van der Waals surface area contributed by atoms with Crippen LogP contribution in [-0.2, 0) is 6.42 Å². The first-order valence-corrected chi connectivity index (χ1v) is 5.41. The lowest BCUT2D eigenvalue weighted by Crippen LogP contribution is -1.95. The summed E-state index contributed by atoms with van der Waals surface area (Å²) < 4.78 is 0. The van der Waals surface area contributed by atoms with Gasteiger partial charge in [-0.1, -0.05) is 18.2 Å². The summed E-state index contributed by atoms with van der Waals surface area (Å²) >= 11 is 0. The number of benzene rings is 1. The summed E-state index contributed by atoms with van der Waals surface area (Å²) in [4.78, 5) is 0. The number of anilines is 1. The molecule has 0 spiro atoms. The minimum atomic E-state index is 1.08. The third-order valence-corrected chi connectivity index (χ3v) is 3.02. The zero-order valence-electron chi connectivity index (χ0n) is 6.43. The number of nitrogens with one attached hydrogen (secondary N) is 1. The zero-order chi connectivity index (χ0) is 7.52. The van der Waals surface area contributed by atoms with Gasteiger partial charge in [-0.3, -0.25) is 0 Å². The third kappa shape index (κ3) is 1.54. The van der Waals surface area contributed by atoms with Crippen molar-refractivity contribution in [1.82, 2.24) is 0 Å². The quantitative estimate of drug-likeness (QED) is 0.581. The van der Waals surface area contributed by atoms with Gasteiger partial charge in [0, 0.05) is 12.0 Å². The number of hydrogen-bond donors (Lipinski definition) is 1. The van der Waals surface area contributed by atoms with E-state index in [1.807, 2.05) is 0 Å². The van der Waals surface area contributed by atoms with Gasteiger partial charge < -0.3 is 5.32 Å². The molecule has 2 rings (SSSR count). The van der Waals surface area contributed by atoms with E-state index in [4.69, 9.17) is 0 Å². The molecule has 0 saturated carbocycles. The molecular formula is C9H12NP. The summed E-state index contributed by atoms with van der Waals surface area (Å²) in [6.45, 7) is 0. The molecule has 1 unspecified atom stereocenters. The SMILES string of the molecule is c1ccc2c(c1)CCPCN2. The molecule has 0 aromatic heterocycles. The second-order valence-electron chi connectivity index (χ2n) is 2.76. The Balaban J connectivity index is 2.33. The summed E-state index contributed by atoms with van der Waals surface area (Å²) in [6, 6.07) is 8.61. The first-order chi connectivity index (χ1) is 5.47. The predicted molar refractivity (Wildman–Crippen MR) is 51.8 cm³/mol. The van der Waals surface area contributed by atoms with Crippen molar-refractivity contribution in [1.29, 1.82) is 0 Å². The molecule has 0 radical (unpaired) electrons. The Hall–Kier alpha value is -0.550. The lowest BCUT2D eigenvalue weighted by molar-refractivity contribution is 1.17. The average molecular weight is 165 g/mol. The molecule has 0 saturated heterocycles. The van der Waals surface area contributed by atoms with E-state index in [1.54, 1.807) is 0 Å². The lowest BCUT2D eigenvalue weighted by atomic mass is 10.1. The van der Waals surface area contributed by atoms with Crippen molar-refractivity contribution in [3.8, 4) is 0 Å². The van der Waals surface area contributed by atoms with Gasteiger partial charge in [0.1, 0.15) is 0 Å². The van der Waals surface area contributed by atoms with Crippen LogP contribution in [0.3, 0.4) is 0 Å². The van der Waals surface area contributed by atoms with Gasteiger partial charge in [-0.2, -0.15) is 0 Å². The van der Waals surface area contributed by atoms with Crippen LogP contribution in [-0.4, -0.2) is 12.4 Å². The smallest absolute Gasteiger partial charge is 0.0375 e. The topological polar surface area (TPSA) is 12.0 Å². The van der Waals surface area contributed by atoms with Gasteiger partial charge >= 0.3 is 0 Å². The van der Waals surface area contributed by atoms with E-state index in [9.17, 15) is 0 Å². The molecule has 0 aliphatic carbocycles. The molecule has 1 aliphatic heterocycles. The molecular weight excluding hydrogens is 153 g/mol. The average Bonchev–Trinajstić information content (AvgIpc) is 2.28. The monoisotopic (exact) mass is 165 g/mol. The van der Waals surface area contributed by atoms with Crippen LogP contribution in [0.4, 0.5) is 5.69 Å². The highest BCUT2D eigenvalue weighted by Gasteiger charge is 2.03. The molecule has 1 nitrogen and oxygen atoms in total. The van der Waals surface area contributed by atoms with Crippen LogP contribution in [0.25, 0.3) is 0 Å². The lowest BCUT2D eigenvalue weighted by Gasteiger charge is -2.04. The largest absolute Gasteiger partial charge is 0.381 e. The van der Waals surface area contributed by atoms with Crippen molar-refractivity contribution < 1.29 is 0 Å². The molecule has 1 heterocycles. The Labute approximate surface area is 69.0 Å². The molecule has 2 heteroatoms. The maximum absolute atomic E-state index is 3.44. The summed E-state index contributed by atoms with van der Waals surface area (Å²) in [5.74, 6) is 0. The van der Waals surface area contributed by atoms with Gasteiger partial charge in [-0.05, 0) is 24.2 Å². The molecule has 1 N–H and O–H groups in total. The first-order valence-electron chi connectivity index (χ1n) is 3.99. The van der Waals surface area contributed by atoms with E-state index in [0.717, 1.165) is 14.9 Å². The number of hydrogen-bond acceptors (Lipinski definition) is 1. The summed E-state index contributed by atoms with van der Waals surface area (Å²) in [6.07, 6.45) is 3.77. The summed E-state index contributed by atoms with van der Waals surface area (Å²) in [5, 5.41) is 3.44. The van der Waals surface area contributed by atoms with E-state index in [2.05, 4.69) is 29.6 Å². The number of fused-ring (bicyclic) bond motifs is 1. The minimum absolute atomic E-state index is 1.08. The van der Waals surface area contributed by atoms with E-state index < -0.39 is 0 Å². The maximum atomic E-state index is 3.44. The number of para-hydroxylation sites is 1. The van der Waals surface area contributed by atoms with Crippen molar-refractivity contribution in [2.75, 3.05) is 17.8 Å². The highest BCUT2D eigenvalue weighted by Crippen LogP contribution is 2.24. The molecule has 11 heavy (non-hydrogen) atoms. The molecule has 1 atom stereocenters.